The molecule has 3 rings (SSSR count). The Labute approximate surface area is 128 Å². The van der Waals surface area contributed by atoms with E-state index in [0.717, 1.165) is 22.6 Å². The highest BCUT2D eigenvalue weighted by Crippen LogP contribution is 2.28. The van der Waals surface area contributed by atoms with E-state index in [4.69, 9.17) is 16.9 Å². The van der Waals surface area contributed by atoms with Gasteiger partial charge < -0.3 is 0 Å². The van der Waals surface area contributed by atoms with E-state index in [1.165, 1.54) is 11.1 Å². The van der Waals surface area contributed by atoms with Crippen LogP contribution >= 0.6 is 11.6 Å². The van der Waals surface area contributed by atoms with Gasteiger partial charge in [0.05, 0.1) is 23.9 Å². The predicted octanol–water partition coefficient (Wildman–Crippen LogP) is 4.34. The van der Waals surface area contributed by atoms with E-state index in [1.807, 2.05) is 22.6 Å². The Hall–Kier alpha value is -2.31. The molecule has 2 aromatic heterocycles. The lowest BCUT2D eigenvalue weighted by molar-refractivity contribution is 1.06. The molecule has 0 aliphatic carbocycles. The largest absolute Gasteiger partial charge is 0.285 e. The van der Waals surface area contributed by atoms with E-state index in [0.29, 0.717) is 5.15 Å². The molecule has 0 N–H and O–H groups in total. The Morgan fingerprint density at radius 2 is 2.00 bits per heavy atom. The first-order chi connectivity index (χ1) is 10.1. The van der Waals surface area contributed by atoms with E-state index < -0.39 is 0 Å². The van der Waals surface area contributed by atoms with Crippen LogP contribution in [-0.2, 0) is 6.42 Å². The van der Waals surface area contributed by atoms with Crippen LogP contribution in [0.3, 0.4) is 0 Å². The zero-order valence-corrected chi connectivity index (χ0v) is 12.6. The highest BCUT2D eigenvalue weighted by atomic mass is 35.5. The quantitative estimate of drug-likeness (QED) is 0.660. The number of halogens is 1. The molecule has 21 heavy (non-hydrogen) atoms. The molecule has 0 amide bonds. The van der Waals surface area contributed by atoms with Crippen molar-refractivity contribution in [3.8, 4) is 17.3 Å². The van der Waals surface area contributed by atoms with Gasteiger partial charge in [0.25, 0.3) is 0 Å². The van der Waals surface area contributed by atoms with Crippen LogP contribution in [0.4, 0.5) is 0 Å². The van der Waals surface area contributed by atoms with Gasteiger partial charge in [-0.1, -0.05) is 29.8 Å². The van der Waals surface area contributed by atoms with Crippen LogP contribution in [0.1, 0.15) is 16.8 Å². The third-order valence-corrected chi connectivity index (χ3v) is 4.01. The van der Waals surface area contributed by atoms with E-state index in [-0.39, 0.29) is 6.42 Å². The Bertz CT molecular complexity index is 872. The lowest BCUT2D eigenvalue weighted by Crippen LogP contribution is -1.95. The Morgan fingerprint density at radius 3 is 2.71 bits per heavy atom. The maximum Gasteiger partial charge on any atom is 0.138 e. The van der Waals surface area contributed by atoms with Gasteiger partial charge in [-0.3, -0.25) is 4.40 Å². The molecule has 0 unspecified atom stereocenters. The van der Waals surface area contributed by atoms with Crippen LogP contribution in [0.15, 0.2) is 36.4 Å². The molecule has 0 spiro atoms. The van der Waals surface area contributed by atoms with Crippen LogP contribution in [0.2, 0.25) is 5.15 Å². The van der Waals surface area contributed by atoms with Gasteiger partial charge >= 0.3 is 0 Å². The van der Waals surface area contributed by atoms with Crippen molar-refractivity contribution in [3.05, 3.63) is 58.4 Å². The summed E-state index contributed by atoms with van der Waals surface area (Å²) in [6, 6.07) is 14.0. The lowest BCUT2D eigenvalue weighted by atomic mass is 10.0. The number of pyridine rings is 1. The summed E-state index contributed by atoms with van der Waals surface area (Å²) in [6.45, 7) is 4.15. The molecule has 0 radical (unpaired) electrons. The number of rotatable bonds is 2. The molecule has 0 saturated heterocycles. The van der Waals surface area contributed by atoms with Crippen LogP contribution in [0, 0.1) is 25.2 Å². The first-order valence-electron chi connectivity index (χ1n) is 6.72. The number of nitriles is 1. The van der Waals surface area contributed by atoms with Crippen molar-refractivity contribution in [2.24, 2.45) is 0 Å². The minimum absolute atomic E-state index is 0.271. The van der Waals surface area contributed by atoms with E-state index in [1.54, 1.807) is 6.07 Å². The summed E-state index contributed by atoms with van der Waals surface area (Å²) in [5.74, 6) is 0. The first kappa shape index (κ1) is 13.7. The molecule has 2 heterocycles. The molecular weight excluding hydrogens is 282 g/mol. The van der Waals surface area contributed by atoms with E-state index in [9.17, 15) is 0 Å². The van der Waals surface area contributed by atoms with Crippen molar-refractivity contribution in [2.75, 3.05) is 0 Å². The second kappa shape index (κ2) is 5.23. The second-order valence-electron chi connectivity index (χ2n) is 5.08. The number of benzene rings is 1. The fourth-order valence-electron chi connectivity index (χ4n) is 2.47. The Balaban J connectivity index is 2.31. The van der Waals surface area contributed by atoms with Crippen LogP contribution in [0.25, 0.3) is 16.9 Å². The Morgan fingerprint density at radius 1 is 1.19 bits per heavy atom. The smallest absolute Gasteiger partial charge is 0.138 e. The van der Waals surface area contributed by atoms with Crippen LogP contribution < -0.4 is 0 Å². The average Bonchev–Trinajstić information content (AvgIpc) is 2.83. The average molecular weight is 296 g/mol. The summed E-state index contributed by atoms with van der Waals surface area (Å²) in [7, 11) is 0. The molecule has 0 aliphatic heterocycles. The predicted molar refractivity (Wildman–Crippen MR) is 84.4 cm³/mol. The molecule has 0 fully saturated rings. The molecule has 104 valence electrons. The van der Waals surface area contributed by atoms with E-state index >= 15 is 0 Å². The minimum Gasteiger partial charge on any atom is -0.285 e. The van der Waals surface area contributed by atoms with Gasteiger partial charge in [-0.2, -0.15) is 5.26 Å². The number of hydrogen-bond acceptors (Lipinski definition) is 2. The molecule has 0 aliphatic rings. The van der Waals surface area contributed by atoms with Crippen LogP contribution in [0.5, 0.6) is 0 Å². The zero-order valence-electron chi connectivity index (χ0n) is 11.9. The molecule has 3 nitrogen and oxygen atoms in total. The summed E-state index contributed by atoms with van der Waals surface area (Å²) >= 11 is 6.27. The van der Waals surface area contributed by atoms with Gasteiger partial charge in [0, 0.05) is 5.56 Å². The molecule has 1 aromatic carbocycles. The van der Waals surface area contributed by atoms with E-state index in [2.05, 4.69) is 37.0 Å². The molecule has 0 bridgehead atoms. The molecule has 4 heteroatoms. The van der Waals surface area contributed by atoms with Gasteiger partial charge in [-0.25, -0.2) is 4.98 Å². The topological polar surface area (TPSA) is 41.1 Å². The van der Waals surface area contributed by atoms with Crippen molar-refractivity contribution in [1.29, 1.82) is 5.26 Å². The molecule has 0 atom stereocenters. The zero-order chi connectivity index (χ0) is 15.0. The highest BCUT2D eigenvalue weighted by Gasteiger charge is 2.15. The van der Waals surface area contributed by atoms with Gasteiger partial charge in [0.2, 0.25) is 0 Å². The summed E-state index contributed by atoms with van der Waals surface area (Å²) in [5, 5.41) is 9.69. The van der Waals surface area contributed by atoms with Crippen molar-refractivity contribution < 1.29 is 0 Å². The molecular formula is C17H14ClN3. The first-order valence-corrected chi connectivity index (χ1v) is 7.10. The van der Waals surface area contributed by atoms with Crippen molar-refractivity contribution in [2.45, 2.75) is 20.3 Å². The maximum atomic E-state index is 9.12. The monoisotopic (exact) mass is 295 g/mol. The third-order valence-electron chi connectivity index (χ3n) is 3.72. The summed E-state index contributed by atoms with van der Waals surface area (Å²) < 4.78 is 1.84. The van der Waals surface area contributed by atoms with Crippen molar-refractivity contribution in [1.82, 2.24) is 9.38 Å². The standard InChI is InChI=1S/C17H14ClN3/c1-11-6-7-13(10-12(11)2)17-14(8-9-19)21-15(18)4-3-5-16(21)20-17/h3-7,10H,8H2,1-2H3. The second-order valence-corrected chi connectivity index (χ2v) is 5.47. The number of aromatic nitrogens is 2. The highest BCUT2D eigenvalue weighted by molar-refractivity contribution is 6.29. The SMILES string of the molecule is Cc1ccc(-c2nc3cccc(Cl)n3c2CC#N)cc1C. The fraction of sp³-hybridized carbons (Fsp3) is 0.176. The molecule has 0 saturated carbocycles. The summed E-state index contributed by atoms with van der Waals surface area (Å²) in [6.07, 6.45) is 0.271. The summed E-state index contributed by atoms with van der Waals surface area (Å²) in [5.41, 5.74) is 5.89. The fourth-order valence-corrected chi connectivity index (χ4v) is 2.73. The molecule has 3 aromatic rings. The maximum absolute atomic E-state index is 9.12. The third kappa shape index (κ3) is 2.28. The number of hydrogen-bond donors (Lipinski definition) is 0. The van der Waals surface area contributed by atoms with Crippen LogP contribution in [-0.4, -0.2) is 9.38 Å². The summed E-state index contributed by atoms with van der Waals surface area (Å²) in [4.78, 5) is 4.66. The van der Waals surface area contributed by atoms with Crippen molar-refractivity contribution in [3.63, 3.8) is 0 Å². The lowest BCUT2D eigenvalue weighted by Gasteiger charge is -2.05. The number of aryl methyl sites for hydroxylation is 2. The number of imidazole rings is 1. The number of nitrogens with zero attached hydrogens (tertiary/aromatic N) is 3. The van der Waals surface area contributed by atoms with Gasteiger partial charge in [-0.05, 0) is 43.2 Å². The normalized spacial score (nSPS) is 10.8. The van der Waals surface area contributed by atoms with Gasteiger partial charge in [-0.15, -0.1) is 0 Å². The van der Waals surface area contributed by atoms with Gasteiger partial charge in [0.15, 0.2) is 0 Å². The Kier molecular flexibility index (Phi) is 3.40. The number of fused-ring (bicyclic) bond motifs is 1. The van der Waals surface area contributed by atoms with Gasteiger partial charge in [0.1, 0.15) is 10.8 Å². The van der Waals surface area contributed by atoms with Crippen molar-refractivity contribution >= 4 is 17.2 Å². The minimum atomic E-state index is 0.271.